The normalized spacial score (nSPS) is 18.3. The van der Waals surface area contributed by atoms with Crippen LogP contribution in [0.1, 0.15) is 45.1 Å². The zero-order valence-electron chi connectivity index (χ0n) is 22.0. The molecule has 3 aromatic rings. The molecule has 2 aromatic heterocycles. The first kappa shape index (κ1) is 30.3. The summed E-state index contributed by atoms with van der Waals surface area (Å²) < 4.78 is 85.3. The zero-order chi connectivity index (χ0) is 30.2. The first-order valence-electron chi connectivity index (χ1n) is 12.5. The number of nitrogens with one attached hydrogen (secondary N) is 2. The molecule has 1 saturated carbocycles. The van der Waals surface area contributed by atoms with E-state index >= 15 is 0 Å². The molecule has 0 bridgehead atoms. The summed E-state index contributed by atoms with van der Waals surface area (Å²) >= 11 is 0. The summed E-state index contributed by atoms with van der Waals surface area (Å²) in [5, 5.41) is 25.5. The van der Waals surface area contributed by atoms with Gasteiger partial charge in [0, 0.05) is 24.0 Å². The van der Waals surface area contributed by atoms with Crippen molar-refractivity contribution in [2.24, 2.45) is 5.92 Å². The summed E-state index contributed by atoms with van der Waals surface area (Å²) in [7, 11) is -4.13. The number of carboxylic acids is 1. The van der Waals surface area contributed by atoms with Crippen molar-refractivity contribution < 1.29 is 41.0 Å². The van der Waals surface area contributed by atoms with Gasteiger partial charge in [-0.15, -0.1) is 0 Å². The highest BCUT2D eigenvalue weighted by Crippen LogP contribution is 2.36. The molecule has 1 fully saturated rings. The molecule has 4 N–H and O–H groups in total. The number of aromatic nitrogens is 4. The number of alkyl halides is 3. The van der Waals surface area contributed by atoms with Crippen molar-refractivity contribution in [2.75, 3.05) is 5.32 Å². The van der Waals surface area contributed by atoms with Crippen molar-refractivity contribution in [3.05, 3.63) is 48.2 Å². The fourth-order valence-corrected chi connectivity index (χ4v) is 5.79. The lowest BCUT2D eigenvalue weighted by atomic mass is 9.87. The fourth-order valence-electron chi connectivity index (χ4n) is 4.47. The van der Waals surface area contributed by atoms with Crippen LogP contribution in [0.3, 0.4) is 0 Å². The van der Waals surface area contributed by atoms with E-state index in [0.29, 0.717) is 31.9 Å². The molecule has 41 heavy (non-hydrogen) atoms. The number of halogens is 4. The lowest BCUT2D eigenvalue weighted by Gasteiger charge is -2.26. The second-order valence-electron chi connectivity index (χ2n) is 10.5. The molecular weight excluding hydrogens is 572 g/mol. The van der Waals surface area contributed by atoms with E-state index in [9.17, 15) is 35.9 Å². The standard InChI is InChI=1S/C25H28F4N6O5S/c1-24(2,38)13-35-12-15(10-31-35)21-18(25(27,28)29)11-30-23(33-21)32-20-8-7-17(9-19(20)26)41(39,40)34-16-5-3-14(4-6-16)22(36)37/h7-12,14,16,34,38H,3-6,13H2,1-2H3,(H,36,37)(H,30,32,33). The Labute approximate surface area is 232 Å². The minimum Gasteiger partial charge on any atom is -0.481 e. The smallest absolute Gasteiger partial charge is 0.419 e. The van der Waals surface area contributed by atoms with E-state index in [1.165, 1.54) is 24.7 Å². The quantitative estimate of drug-likeness (QED) is 0.267. The topological polar surface area (TPSA) is 159 Å². The van der Waals surface area contributed by atoms with Crippen LogP contribution in [0.4, 0.5) is 29.2 Å². The van der Waals surface area contributed by atoms with E-state index in [2.05, 4.69) is 25.1 Å². The Kier molecular flexibility index (Phi) is 8.38. The van der Waals surface area contributed by atoms with Crippen LogP contribution in [-0.2, 0) is 27.5 Å². The third kappa shape index (κ3) is 7.56. The molecule has 11 nitrogen and oxygen atoms in total. The zero-order valence-corrected chi connectivity index (χ0v) is 22.8. The van der Waals surface area contributed by atoms with E-state index in [0.717, 1.165) is 24.4 Å². The first-order valence-corrected chi connectivity index (χ1v) is 14.0. The monoisotopic (exact) mass is 600 g/mol. The first-order chi connectivity index (χ1) is 19.0. The van der Waals surface area contributed by atoms with E-state index in [1.807, 2.05) is 0 Å². The number of carbonyl (C=O) groups is 1. The number of rotatable bonds is 9. The van der Waals surface area contributed by atoms with E-state index in [-0.39, 0.29) is 28.6 Å². The number of aliphatic carboxylic acids is 1. The fraction of sp³-hybridized carbons (Fsp3) is 0.440. The maximum absolute atomic E-state index is 14.9. The number of hydrogen-bond acceptors (Lipinski definition) is 8. The van der Waals surface area contributed by atoms with Gasteiger partial charge >= 0.3 is 12.1 Å². The van der Waals surface area contributed by atoms with Crippen molar-refractivity contribution >= 4 is 27.6 Å². The Morgan fingerprint density at radius 2 is 1.83 bits per heavy atom. The van der Waals surface area contributed by atoms with Crippen LogP contribution in [0, 0.1) is 11.7 Å². The Hall–Kier alpha value is -3.63. The molecule has 4 rings (SSSR count). The van der Waals surface area contributed by atoms with Gasteiger partial charge in [0.1, 0.15) is 11.4 Å². The van der Waals surface area contributed by atoms with Crippen molar-refractivity contribution in [3.63, 3.8) is 0 Å². The molecule has 0 radical (unpaired) electrons. The summed E-state index contributed by atoms with van der Waals surface area (Å²) in [5.41, 5.74) is -3.16. The summed E-state index contributed by atoms with van der Waals surface area (Å²) in [6, 6.07) is 2.46. The number of nitrogens with zero attached hydrogens (tertiary/aromatic N) is 4. The van der Waals surface area contributed by atoms with Crippen molar-refractivity contribution in [1.29, 1.82) is 0 Å². The average molecular weight is 601 g/mol. The molecule has 0 amide bonds. The van der Waals surface area contributed by atoms with Crippen LogP contribution in [-0.4, -0.2) is 56.0 Å². The van der Waals surface area contributed by atoms with Gasteiger partial charge in [0.05, 0.1) is 40.5 Å². The van der Waals surface area contributed by atoms with Crippen molar-refractivity contribution in [2.45, 2.75) is 68.8 Å². The predicted molar refractivity (Wildman–Crippen MR) is 138 cm³/mol. The molecule has 2 heterocycles. The van der Waals surface area contributed by atoms with E-state index < -0.39 is 56.8 Å². The largest absolute Gasteiger partial charge is 0.481 e. The Bertz CT molecular complexity index is 1530. The molecule has 222 valence electrons. The van der Waals surface area contributed by atoms with E-state index in [4.69, 9.17) is 5.11 Å². The summed E-state index contributed by atoms with van der Waals surface area (Å²) in [4.78, 5) is 18.3. The third-order valence-electron chi connectivity index (χ3n) is 6.45. The molecule has 1 aliphatic rings. The maximum atomic E-state index is 14.9. The average Bonchev–Trinajstić information content (AvgIpc) is 3.31. The van der Waals surface area contributed by atoms with Gasteiger partial charge < -0.3 is 15.5 Å². The molecular formula is C25H28F4N6O5S. The molecule has 0 aliphatic heterocycles. The number of hydrogen-bond donors (Lipinski definition) is 4. The Balaban J connectivity index is 1.54. The van der Waals surface area contributed by atoms with Crippen molar-refractivity contribution in [3.8, 4) is 11.3 Å². The van der Waals surface area contributed by atoms with Gasteiger partial charge in [0.2, 0.25) is 16.0 Å². The van der Waals surface area contributed by atoms with E-state index in [1.54, 1.807) is 0 Å². The third-order valence-corrected chi connectivity index (χ3v) is 7.96. The minimum absolute atomic E-state index is 0.00344. The number of aliphatic hydroxyl groups is 1. The summed E-state index contributed by atoms with van der Waals surface area (Å²) in [6.45, 7) is 3.02. The highest BCUT2D eigenvalue weighted by molar-refractivity contribution is 7.89. The number of carboxylic acid groups (broad SMARTS) is 1. The summed E-state index contributed by atoms with van der Waals surface area (Å²) in [5.74, 6) is -2.87. The van der Waals surface area contributed by atoms with Crippen LogP contribution < -0.4 is 10.0 Å². The molecule has 1 aliphatic carbocycles. The lowest BCUT2D eigenvalue weighted by molar-refractivity contribution is -0.143. The predicted octanol–water partition coefficient (Wildman–Crippen LogP) is 3.93. The van der Waals surface area contributed by atoms with Gasteiger partial charge in [0.25, 0.3) is 0 Å². The van der Waals surface area contributed by atoms with Crippen LogP contribution >= 0.6 is 0 Å². The van der Waals surface area contributed by atoms with Gasteiger partial charge in [-0.3, -0.25) is 9.48 Å². The molecule has 1 aromatic carbocycles. The van der Waals surface area contributed by atoms with Crippen LogP contribution in [0.5, 0.6) is 0 Å². The summed E-state index contributed by atoms with van der Waals surface area (Å²) in [6.07, 6.45) is -0.574. The van der Waals surface area contributed by atoms with Gasteiger partial charge in [-0.1, -0.05) is 0 Å². The second kappa shape index (κ2) is 11.3. The highest BCUT2D eigenvalue weighted by atomic mass is 32.2. The number of benzene rings is 1. The van der Waals surface area contributed by atoms with Gasteiger partial charge in [0.15, 0.2) is 0 Å². The van der Waals surface area contributed by atoms with Crippen LogP contribution in [0.25, 0.3) is 11.3 Å². The van der Waals surface area contributed by atoms with Crippen molar-refractivity contribution in [1.82, 2.24) is 24.5 Å². The molecule has 16 heteroatoms. The maximum Gasteiger partial charge on any atom is 0.419 e. The lowest BCUT2D eigenvalue weighted by Crippen LogP contribution is -2.38. The Morgan fingerprint density at radius 3 is 2.41 bits per heavy atom. The number of sulfonamides is 1. The molecule has 0 spiro atoms. The van der Waals surface area contributed by atoms with Gasteiger partial charge in [-0.05, 0) is 57.7 Å². The minimum atomic E-state index is -4.81. The van der Waals surface area contributed by atoms with Gasteiger partial charge in [-0.2, -0.15) is 18.3 Å². The molecule has 0 saturated heterocycles. The molecule has 0 unspecified atom stereocenters. The Morgan fingerprint density at radius 1 is 1.15 bits per heavy atom. The molecule has 0 atom stereocenters. The highest BCUT2D eigenvalue weighted by Gasteiger charge is 2.36. The second-order valence-corrected chi connectivity index (χ2v) is 12.2. The van der Waals surface area contributed by atoms with Crippen LogP contribution in [0.15, 0.2) is 41.7 Å². The SMILES string of the molecule is CC(C)(O)Cn1cc(-c2nc(Nc3ccc(S(=O)(=O)NC4CCC(C(=O)O)CC4)cc3F)ncc2C(F)(F)F)cn1. The number of anilines is 2. The van der Waals surface area contributed by atoms with Crippen LogP contribution in [0.2, 0.25) is 0 Å². The van der Waals surface area contributed by atoms with Gasteiger partial charge in [-0.25, -0.2) is 27.5 Å².